The molecule has 0 saturated heterocycles. The van der Waals surface area contributed by atoms with Crippen molar-refractivity contribution < 1.29 is 24.3 Å². The number of hydrogen-bond acceptors (Lipinski definition) is 5. The van der Waals surface area contributed by atoms with Gasteiger partial charge < -0.3 is 16.2 Å². The molecule has 0 aliphatic rings. The summed E-state index contributed by atoms with van der Waals surface area (Å²) in [5, 5.41) is 11.5. The number of hydrogen-bond donors (Lipinski definition) is 4. The minimum absolute atomic E-state index is 0.0782. The van der Waals surface area contributed by atoms with Gasteiger partial charge in [-0.25, -0.2) is 14.5 Å². The fourth-order valence-electron chi connectivity index (χ4n) is 3.70. The van der Waals surface area contributed by atoms with Crippen LogP contribution in [0, 0.1) is 5.92 Å². The number of imide groups is 1. The second-order valence-electron chi connectivity index (χ2n) is 8.97. The number of primary amides is 1. The summed E-state index contributed by atoms with van der Waals surface area (Å²) in [5.41, 5.74) is 6.91. The number of thiol groups is 1. The Labute approximate surface area is 211 Å². The van der Waals surface area contributed by atoms with Gasteiger partial charge in [-0.2, -0.15) is 12.6 Å². The molecule has 0 saturated carbocycles. The third kappa shape index (κ3) is 8.13. The number of amides is 4. The average Bonchev–Trinajstić information content (AvgIpc) is 2.82. The number of nitrogens with zero attached hydrogens (tertiary/aromatic N) is 1. The van der Waals surface area contributed by atoms with Gasteiger partial charge in [-0.1, -0.05) is 51.1 Å². The number of aliphatic carboxylic acids is 1. The molecule has 2 rings (SSSR count). The van der Waals surface area contributed by atoms with Crippen molar-refractivity contribution in [1.82, 2.24) is 4.90 Å². The maximum absolute atomic E-state index is 13.4. The van der Waals surface area contributed by atoms with E-state index in [9.17, 15) is 24.3 Å². The average molecular weight is 500 g/mol. The molecule has 8 nitrogen and oxygen atoms in total. The Morgan fingerprint density at radius 2 is 1.57 bits per heavy atom. The van der Waals surface area contributed by atoms with Gasteiger partial charge in [0.2, 0.25) is 11.8 Å². The Morgan fingerprint density at radius 3 is 2.09 bits per heavy atom. The van der Waals surface area contributed by atoms with E-state index < -0.39 is 35.1 Å². The first-order valence-electron chi connectivity index (χ1n) is 11.5. The van der Waals surface area contributed by atoms with Crippen LogP contribution >= 0.6 is 12.6 Å². The molecular weight excluding hydrogens is 466 g/mol. The van der Waals surface area contributed by atoms with Crippen molar-refractivity contribution >= 4 is 42.1 Å². The summed E-state index contributed by atoms with van der Waals surface area (Å²) in [7, 11) is 0. The van der Waals surface area contributed by atoms with Crippen molar-refractivity contribution in [2.24, 2.45) is 11.7 Å². The van der Waals surface area contributed by atoms with Gasteiger partial charge in [0.25, 0.3) is 0 Å². The van der Waals surface area contributed by atoms with E-state index in [-0.39, 0.29) is 23.8 Å². The maximum atomic E-state index is 13.4. The van der Waals surface area contributed by atoms with Crippen LogP contribution in [0.5, 0.6) is 0 Å². The minimum Gasteiger partial charge on any atom is -0.480 e. The summed E-state index contributed by atoms with van der Waals surface area (Å²) in [6.07, 6.45) is 1.09. The number of nitrogens with one attached hydrogen (secondary N) is 1. The lowest BCUT2D eigenvalue weighted by Gasteiger charge is -2.30. The highest BCUT2D eigenvalue weighted by Gasteiger charge is 2.37. The van der Waals surface area contributed by atoms with Crippen LogP contribution in [-0.4, -0.2) is 45.1 Å². The van der Waals surface area contributed by atoms with Crippen molar-refractivity contribution in [3.05, 3.63) is 65.7 Å². The molecule has 0 aliphatic heterocycles. The Kier molecular flexibility index (Phi) is 10.3. The molecule has 35 heavy (non-hydrogen) atoms. The zero-order valence-corrected chi connectivity index (χ0v) is 21.1. The Morgan fingerprint density at radius 1 is 0.971 bits per heavy atom. The second kappa shape index (κ2) is 12.9. The highest BCUT2D eigenvalue weighted by molar-refractivity contribution is 7.81. The van der Waals surface area contributed by atoms with Gasteiger partial charge in [-0.3, -0.25) is 9.59 Å². The summed E-state index contributed by atoms with van der Waals surface area (Å²) in [6, 6.07) is 13.4. The molecule has 2 aromatic rings. The molecule has 0 spiro atoms. The van der Waals surface area contributed by atoms with E-state index >= 15 is 0 Å². The summed E-state index contributed by atoms with van der Waals surface area (Å²) in [4.78, 5) is 50.7. The van der Waals surface area contributed by atoms with Gasteiger partial charge >= 0.3 is 12.0 Å². The highest BCUT2D eigenvalue weighted by atomic mass is 32.1. The van der Waals surface area contributed by atoms with Crippen LogP contribution < -0.4 is 11.1 Å². The number of carbonyl (C=O) groups is 4. The van der Waals surface area contributed by atoms with Crippen molar-refractivity contribution in [2.45, 2.75) is 57.2 Å². The molecule has 2 aromatic carbocycles. The van der Waals surface area contributed by atoms with E-state index in [0.717, 1.165) is 10.5 Å². The SMILES string of the molecule is CC(C)C[C@@H](C(=O)O)N(C(=O)Nc1ccc(C(N)=O)cc1)C(=O)C(S)CCC(C)c1ccccc1. The fourth-order valence-corrected chi connectivity index (χ4v) is 3.97. The van der Waals surface area contributed by atoms with Crippen molar-refractivity contribution in [3.8, 4) is 0 Å². The van der Waals surface area contributed by atoms with E-state index in [1.54, 1.807) is 0 Å². The fraction of sp³-hybridized carbons (Fsp3) is 0.385. The predicted molar refractivity (Wildman–Crippen MR) is 139 cm³/mol. The van der Waals surface area contributed by atoms with Crippen LogP contribution in [0.2, 0.25) is 0 Å². The summed E-state index contributed by atoms with van der Waals surface area (Å²) >= 11 is 4.45. The number of nitrogens with two attached hydrogens (primary N) is 1. The molecule has 2 unspecified atom stereocenters. The molecule has 0 heterocycles. The molecule has 9 heteroatoms. The lowest BCUT2D eigenvalue weighted by atomic mass is 9.95. The molecule has 188 valence electrons. The highest BCUT2D eigenvalue weighted by Crippen LogP contribution is 2.25. The zero-order chi connectivity index (χ0) is 26.1. The van der Waals surface area contributed by atoms with E-state index in [4.69, 9.17) is 5.73 Å². The lowest BCUT2D eigenvalue weighted by molar-refractivity contribution is -0.148. The van der Waals surface area contributed by atoms with Gasteiger partial charge in [0.15, 0.2) is 0 Å². The van der Waals surface area contributed by atoms with E-state index in [2.05, 4.69) is 17.9 Å². The number of carbonyl (C=O) groups excluding carboxylic acids is 3. The van der Waals surface area contributed by atoms with Crippen molar-refractivity contribution in [3.63, 3.8) is 0 Å². The monoisotopic (exact) mass is 499 g/mol. The topological polar surface area (TPSA) is 130 Å². The van der Waals surface area contributed by atoms with Crippen LogP contribution in [0.3, 0.4) is 0 Å². The van der Waals surface area contributed by atoms with E-state index in [0.29, 0.717) is 18.5 Å². The van der Waals surface area contributed by atoms with Crippen molar-refractivity contribution in [1.29, 1.82) is 0 Å². The third-order valence-electron chi connectivity index (χ3n) is 5.70. The molecular formula is C26H33N3O5S. The van der Waals surface area contributed by atoms with Crippen LogP contribution in [0.25, 0.3) is 0 Å². The molecule has 0 fully saturated rings. The zero-order valence-electron chi connectivity index (χ0n) is 20.2. The van der Waals surface area contributed by atoms with Gasteiger partial charge in [-0.05, 0) is 60.9 Å². The first kappa shape index (κ1) is 27.9. The number of carboxylic acid groups (broad SMARTS) is 1. The minimum atomic E-state index is -1.35. The normalized spacial score (nSPS) is 13.5. The lowest BCUT2D eigenvalue weighted by Crippen LogP contribution is -2.53. The Balaban J connectivity index is 2.22. The smallest absolute Gasteiger partial charge is 0.329 e. The molecule has 0 aliphatic carbocycles. The maximum Gasteiger partial charge on any atom is 0.329 e. The number of benzene rings is 2. The van der Waals surface area contributed by atoms with E-state index in [1.165, 1.54) is 24.3 Å². The summed E-state index contributed by atoms with van der Waals surface area (Å²) in [6.45, 7) is 5.68. The molecule has 3 atom stereocenters. The van der Waals surface area contributed by atoms with Crippen LogP contribution in [0.15, 0.2) is 54.6 Å². The van der Waals surface area contributed by atoms with Crippen LogP contribution in [0.4, 0.5) is 10.5 Å². The van der Waals surface area contributed by atoms with Gasteiger partial charge in [0, 0.05) is 11.3 Å². The molecule has 0 aromatic heterocycles. The molecule has 4 amide bonds. The first-order valence-corrected chi connectivity index (χ1v) is 12.0. The van der Waals surface area contributed by atoms with Crippen LogP contribution in [-0.2, 0) is 9.59 Å². The summed E-state index contributed by atoms with van der Waals surface area (Å²) in [5.74, 6) is -2.48. The second-order valence-corrected chi connectivity index (χ2v) is 9.59. The Bertz CT molecular complexity index is 1030. The number of urea groups is 1. The molecule has 4 N–H and O–H groups in total. The molecule has 0 bridgehead atoms. The number of carboxylic acids is 1. The third-order valence-corrected chi connectivity index (χ3v) is 6.17. The number of anilines is 1. The number of rotatable bonds is 11. The first-order chi connectivity index (χ1) is 16.5. The van der Waals surface area contributed by atoms with Gasteiger partial charge in [0.05, 0.1) is 5.25 Å². The van der Waals surface area contributed by atoms with Crippen molar-refractivity contribution in [2.75, 3.05) is 5.32 Å². The standard InChI is InChI=1S/C26H33N3O5S/c1-16(2)15-21(25(32)33)29(26(34)28-20-12-10-19(11-13-20)23(27)30)24(31)22(35)14-9-17(3)18-7-5-4-6-8-18/h4-8,10-13,16-17,21-22,35H,9,14-15H2,1-3H3,(H2,27,30)(H,28,34)(H,32,33)/t17?,21-,22?/m0/s1. The molecule has 0 radical (unpaired) electrons. The summed E-state index contributed by atoms with van der Waals surface area (Å²) < 4.78 is 0. The Hall–Kier alpha value is -3.33. The van der Waals surface area contributed by atoms with Gasteiger partial charge in [-0.15, -0.1) is 0 Å². The van der Waals surface area contributed by atoms with Crippen LogP contribution in [0.1, 0.15) is 61.9 Å². The van der Waals surface area contributed by atoms with E-state index in [1.807, 2.05) is 51.1 Å². The predicted octanol–water partition coefficient (Wildman–Crippen LogP) is 4.53. The quantitative estimate of drug-likeness (QED) is 0.338. The largest absolute Gasteiger partial charge is 0.480 e. The van der Waals surface area contributed by atoms with Gasteiger partial charge in [0.1, 0.15) is 6.04 Å².